The van der Waals surface area contributed by atoms with Crippen LogP contribution in [-0.2, 0) is 4.79 Å². The van der Waals surface area contributed by atoms with Gasteiger partial charge >= 0.3 is 0 Å². The third-order valence-corrected chi connectivity index (χ3v) is 4.86. The number of pyridine rings is 1. The summed E-state index contributed by atoms with van der Waals surface area (Å²) in [5.74, 6) is 3.35. The number of aromatic amines is 1. The summed E-state index contributed by atoms with van der Waals surface area (Å²) in [6.45, 7) is 3.50. The molecule has 2 atom stereocenters. The first-order chi connectivity index (χ1) is 13.2. The van der Waals surface area contributed by atoms with Crippen molar-refractivity contribution in [1.82, 2.24) is 19.9 Å². The number of carbonyl (C=O) groups excluding carboxylic acids is 1. The van der Waals surface area contributed by atoms with Crippen LogP contribution in [0.5, 0.6) is 0 Å². The molecule has 3 aromatic heterocycles. The molecule has 7 nitrogen and oxygen atoms in total. The molecule has 138 valence electrons. The predicted molar refractivity (Wildman–Crippen MR) is 103 cm³/mol. The smallest absolute Gasteiger partial charge is 0.234 e. The van der Waals surface area contributed by atoms with Gasteiger partial charge in [-0.25, -0.2) is 9.97 Å². The molecule has 0 radical (unpaired) electrons. The molecule has 1 fully saturated rings. The highest BCUT2D eigenvalue weighted by molar-refractivity contribution is 5.97. The monoisotopic (exact) mass is 363 g/mol. The first-order valence-electron chi connectivity index (χ1n) is 8.99. The summed E-state index contributed by atoms with van der Waals surface area (Å²) in [6, 6.07) is 2.08. The van der Waals surface area contributed by atoms with Crippen LogP contribution in [0.15, 0.2) is 35.3 Å². The Bertz CT molecular complexity index is 986. The molecule has 27 heavy (non-hydrogen) atoms. The van der Waals surface area contributed by atoms with Crippen molar-refractivity contribution < 1.29 is 9.21 Å². The summed E-state index contributed by atoms with van der Waals surface area (Å²) >= 11 is 0. The van der Waals surface area contributed by atoms with Gasteiger partial charge < -0.3 is 19.6 Å². The molecule has 0 aliphatic carbocycles. The quantitative estimate of drug-likeness (QED) is 0.696. The number of amides is 1. The number of aromatic nitrogens is 3. The lowest BCUT2D eigenvalue weighted by molar-refractivity contribution is -0.131. The second-order valence-corrected chi connectivity index (χ2v) is 6.99. The highest BCUT2D eigenvalue weighted by Crippen LogP contribution is 2.34. The van der Waals surface area contributed by atoms with Crippen LogP contribution >= 0.6 is 0 Å². The second-order valence-electron chi connectivity index (χ2n) is 6.99. The third-order valence-electron chi connectivity index (χ3n) is 4.86. The highest BCUT2D eigenvalue weighted by atomic mass is 16.3. The number of anilines is 1. The Hall–Kier alpha value is -3.27. The van der Waals surface area contributed by atoms with Gasteiger partial charge in [0.1, 0.15) is 11.9 Å². The van der Waals surface area contributed by atoms with Crippen molar-refractivity contribution in [3.05, 3.63) is 30.9 Å². The van der Waals surface area contributed by atoms with Crippen molar-refractivity contribution in [3.8, 4) is 23.8 Å². The standard InChI is InChI=1S/C20H21N5O2/c1-3-4-17(26)25-11-13(2)9-14(12-25)24-18-15-5-6-21-19(15)23-10-16(18)20-22-7-8-27-20/h1,5-8,10,13-14H,4,9,11-12H2,2H3,(H2,21,23,24)/t13-,14+/m1/s1. The number of oxazole rings is 1. The summed E-state index contributed by atoms with van der Waals surface area (Å²) in [7, 11) is 0. The molecule has 7 heteroatoms. The lowest BCUT2D eigenvalue weighted by Crippen LogP contribution is -2.48. The van der Waals surface area contributed by atoms with Gasteiger partial charge in [-0.3, -0.25) is 4.79 Å². The lowest BCUT2D eigenvalue weighted by Gasteiger charge is -2.37. The minimum absolute atomic E-state index is 0.00490. The summed E-state index contributed by atoms with van der Waals surface area (Å²) in [4.78, 5) is 26.0. The molecule has 4 rings (SSSR count). The first-order valence-corrected chi connectivity index (χ1v) is 8.99. The Labute approximate surface area is 157 Å². The Morgan fingerprint density at radius 2 is 2.37 bits per heavy atom. The molecule has 1 aliphatic rings. The largest absolute Gasteiger partial charge is 0.444 e. The molecule has 3 aromatic rings. The van der Waals surface area contributed by atoms with Crippen LogP contribution in [0.2, 0.25) is 0 Å². The Kier molecular flexibility index (Phi) is 4.55. The molecule has 1 aliphatic heterocycles. The van der Waals surface area contributed by atoms with Crippen molar-refractivity contribution in [2.45, 2.75) is 25.8 Å². The number of fused-ring (bicyclic) bond motifs is 1. The minimum atomic E-state index is 0.00490. The summed E-state index contributed by atoms with van der Waals surface area (Å²) < 4.78 is 5.50. The molecule has 0 spiro atoms. The van der Waals surface area contributed by atoms with Crippen LogP contribution in [-0.4, -0.2) is 44.9 Å². The number of hydrogen-bond acceptors (Lipinski definition) is 5. The molecule has 2 N–H and O–H groups in total. The fraction of sp³-hybridized carbons (Fsp3) is 0.350. The first kappa shape index (κ1) is 17.2. The Balaban J connectivity index is 1.66. The maximum atomic E-state index is 12.3. The van der Waals surface area contributed by atoms with Crippen LogP contribution < -0.4 is 5.32 Å². The molecule has 1 saturated heterocycles. The van der Waals surface area contributed by atoms with E-state index in [-0.39, 0.29) is 18.4 Å². The molecule has 1 amide bonds. The number of likely N-dealkylation sites (tertiary alicyclic amines) is 1. The summed E-state index contributed by atoms with van der Waals surface area (Å²) in [6.07, 6.45) is 13.2. The fourth-order valence-corrected chi connectivity index (χ4v) is 3.75. The van der Waals surface area contributed by atoms with E-state index in [1.807, 2.05) is 17.2 Å². The summed E-state index contributed by atoms with van der Waals surface area (Å²) in [5.41, 5.74) is 2.50. The number of terminal acetylenes is 1. The Morgan fingerprint density at radius 3 is 3.15 bits per heavy atom. The molecule has 0 unspecified atom stereocenters. The van der Waals surface area contributed by atoms with E-state index in [1.165, 1.54) is 0 Å². The number of hydrogen-bond donors (Lipinski definition) is 2. The maximum absolute atomic E-state index is 12.3. The number of H-pyrrole nitrogens is 1. The van der Waals surface area contributed by atoms with E-state index >= 15 is 0 Å². The van der Waals surface area contributed by atoms with Gasteiger partial charge in [0.15, 0.2) is 0 Å². The van der Waals surface area contributed by atoms with E-state index in [1.54, 1.807) is 18.7 Å². The average molecular weight is 363 g/mol. The van der Waals surface area contributed by atoms with E-state index in [2.05, 4.69) is 33.1 Å². The van der Waals surface area contributed by atoms with Gasteiger partial charge in [0.05, 0.1) is 23.9 Å². The lowest BCUT2D eigenvalue weighted by atomic mass is 9.95. The van der Waals surface area contributed by atoms with E-state index < -0.39 is 0 Å². The van der Waals surface area contributed by atoms with Gasteiger partial charge in [0.2, 0.25) is 11.8 Å². The van der Waals surface area contributed by atoms with Crippen LogP contribution in [0, 0.1) is 18.3 Å². The highest BCUT2D eigenvalue weighted by Gasteiger charge is 2.28. The van der Waals surface area contributed by atoms with Gasteiger partial charge in [-0.15, -0.1) is 6.42 Å². The Morgan fingerprint density at radius 1 is 1.48 bits per heavy atom. The average Bonchev–Trinajstić information content (AvgIpc) is 3.33. The van der Waals surface area contributed by atoms with Crippen LogP contribution in [0.3, 0.4) is 0 Å². The van der Waals surface area contributed by atoms with E-state index in [0.717, 1.165) is 35.2 Å². The zero-order valence-corrected chi connectivity index (χ0v) is 15.1. The van der Waals surface area contributed by atoms with Gasteiger partial charge in [-0.1, -0.05) is 12.8 Å². The zero-order chi connectivity index (χ0) is 18.8. The van der Waals surface area contributed by atoms with Crippen LogP contribution in [0.1, 0.15) is 19.8 Å². The van der Waals surface area contributed by atoms with Crippen molar-refractivity contribution >= 4 is 22.6 Å². The van der Waals surface area contributed by atoms with Crippen LogP contribution in [0.4, 0.5) is 5.69 Å². The zero-order valence-electron chi connectivity index (χ0n) is 15.1. The topological polar surface area (TPSA) is 87.1 Å². The van der Waals surface area contributed by atoms with Gasteiger partial charge in [-0.05, 0) is 18.4 Å². The van der Waals surface area contributed by atoms with Crippen molar-refractivity contribution in [2.75, 3.05) is 18.4 Å². The normalized spacial score (nSPS) is 19.8. The number of carbonyl (C=O) groups is 1. The maximum Gasteiger partial charge on any atom is 0.234 e. The second kappa shape index (κ2) is 7.16. The van der Waals surface area contributed by atoms with Crippen molar-refractivity contribution in [3.63, 3.8) is 0 Å². The number of piperidine rings is 1. The third kappa shape index (κ3) is 3.38. The SMILES string of the molecule is C#CCC(=O)N1C[C@H](C)C[C@H](Nc2c(-c3ncco3)cnc3[nH]ccc23)C1. The van der Waals surface area contributed by atoms with Gasteiger partial charge in [0.25, 0.3) is 0 Å². The molecule has 0 bridgehead atoms. The van der Waals surface area contributed by atoms with Gasteiger partial charge in [-0.2, -0.15) is 0 Å². The van der Waals surface area contributed by atoms with Crippen LogP contribution in [0.25, 0.3) is 22.5 Å². The predicted octanol–water partition coefficient (Wildman–Crippen LogP) is 2.89. The number of nitrogens with one attached hydrogen (secondary N) is 2. The number of nitrogens with zero attached hydrogens (tertiary/aromatic N) is 3. The molecule has 0 aromatic carbocycles. The number of rotatable bonds is 4. The summed E-state index contributed by atoms with van der Waals surface area (Å²) in [5, 5.41) is 4.58. The van der Waals surface area contributed by atoms with Crippen molar-refractivity contribution in [2.24, 2.45) is 5.92 Å². The fourth-order valence-electron chi connectivity index (χ4n) is 3.75. The van der Waals surface area contributed by atoms with Gasteiger partial charge in [0, 0.05) is 36.9 Å². The molecular weight excluding hydrogens is 342 g/mol. The van der Waals surface area contributed by atoms with E-state index in [4.69, 9.17) is 10.8 Å². The van der Waals surface area contributed by atoms with E-state index in [0.29, 0.717) is 18.4 Å². The van der Waals surface area contributed by atoms with Crippen molar-refractivity contribution in [1.29, 1.82) is 0 Å². The molecule has 4 heterocycles. The minimum Gasteiger partial charge on any atom is -0.444 e. The van der Waals surface area contributed by atoms with E-state index in [9.17, 15) is 4.79 Å². The molecule has 0 saturated carbocycles. The molecular formula is C20H21N5O2.